The maximum absolute atomic E-state index is 14.1. The molecule has 2 heterocycles. The van der Waals surface area contributed by atoms with Crippen molar-refractivity contribution in [1.29, 1.82) is 5.26 Å². The van der Waals surface area contributed by atoms with Gasteiger partial charge in [-0.25, -0.2) is 17.4 Å². The van der Waals surface area contributed by atoms with Crippen molar-refractivity contribution in [2.24, 2.45) is 0 Å². The molecule has 4 aromatic rings. The minimum Gasteiger partial charge on any atom is -0.369 e. The molecule has 0 N–H and O–H groups in total. The molecule has 2 atom stereocenters. The molecule has 0 radical (unpaired) electrons. The van der Waals surface area contributed by atoms with E-state index in [1.807, 2.05) is 60.9 Å². The number of methoxy groups -OCH3 is 1. The van der Waals surface area contributed by atoms with Crippen molar-refractivity contribution in [3.63, 3.8) is 0 Å². The molecule has 0 spiro atoms. The van der Waals surface area contributed by atoms with Crippen molar-refractivity contribution in [3.05, 3.63) is 88.9 Å². The van der Waals surface area contributed by atoms with Crippen LogP contribution in [0.2, 0.25) is 25.7 Å². The van der Waals surface area contributed by atoms with Crippen molar-refractivity contribution in [3.8, 4) is 6.07 Å². The van der Waals surface area contributed by atoms with Crippen LogP contribution in [0.4, 0.5) is 0 Å². The number of hydrogen-bond donors (Lipinski definition) is 0. The van der Waals surface area contributed by atoms with Gasteiger partial charge in [-0.05, 0) is 68.6 Å². The van der Waals surface area contributed by atoms with Gasteiger partial charge in [-0.3, -0.25) is 0 Å². The first-order valence-corrected chi connectivity index (χ1v) is 19.7. The molecule has 226 valence electrons. The Balaban J connectivity index is 1.63. The molecule has 0 amide bonds. The highest BCUT2D eigenvalue weighted by molar-refractivity contribution is 7.91. The highest BCUT2D eigenvalue weighted by atomic mass is 32.2. The Morgan fingerprint density at radius 1 is 1.16 bits per heavy atom. The Morgan fingerprint density at radius 3 is 2.60 bits per heavy atom. The van der Waals surface area contributed by atoms with Gasteiger partial charge in [0.1, 0.15) is 23.4 Å². The van der Waals surface area contributed by atoms with Crippen LogP contribution in [0.15, 0.2) is 66.4 Å². The molecular weight excluding hydrogens is 577 g/mol. The molecule has 8 nitrogen and oxygen atoms in total. The van der Waals surface area contributed by atoms with E-state index in [0.717, 1.165) is 33.6 Å². The van der Waals surface area contributed by atoms with Crippen LogP contribution in [-0.4, -0.2) is 48.5 Å². The van der Waals surface area contributed by atoms with Crippen molar-refractivity contribution < 1.29 is 17.9 Å². The lowest BCUT2D eigenvalue weighted by Crippen LogP contribution is -2.38. The number of hydrogen-bond acceptors (Lipinski definition) is 6. The van der Waals surface area contributed by atoms with E-state index in [2.05, 4.69) is 25.7 Å². The number of allylic oxidation sites excluding steroid dienone is 3. The van der Waals surface area contributed by atoms with Crippen LogP contribution in [0.25, 0.3) is 21.9 Å². The molecule has 2 unspecified atom stereocenters. The monoisotopic (exact) mass is 616 g/mol. The van der Waals surface area contributed by atoms with E-state index >= 15 is 0 Å². The van der Waals surface area contributed by atoms with E-state index in [-0.39, 0.29) is 6.73 Å². The van der Waals surface area contributed by atoms with Gasteiger partial charge in [0.2, 0.25) is 10.0 Å². The van der Waals surface area contributed by atoms with Crippen LogP contribution in [0.1, 0.15) is 48.9 Å². The quantitative estimate of drug-likeness (QED) is 0.140. The summed E-state index contributed by atoms with van der Waals surface area (Å²) in [6.45, 7) is 13.5. The SMILES string of the molecule is COC(c1ccc(C)c2c1ccn2S(=O)(=O)C1(C)C=C(C)C=CC1)c1nc2cc(C#N)ccc2n1COCC[Si](C)(C)C. The second-order valence-corrected chi connectivity index (χ2v) is 20.7. The third-order valence-corrected chi connectivity index (χ3v) is 12.2. The summed E-state index contributed by atoms with van der Waals surface area (Å²) >= 11 is 0. The zero-order chi connectivity index (χ0) is 31.2. The summed E-state index contributed by atoms with van der Waals surface area (Å²) in [5.41, 5.74) is 5.24. The largest absolute Gasteiger partial charge is 0.369 e. The lowest BCUT2D eigenvalue weighted by Gasteiger charge is -2.29. The molecular formula is C33H40N4O4SSi. The Kier molecular flexibility index (Phi) is 8.31. The Bertz CT molecular complexity index is 1910. The zero-order valence-electron chi connectivity index (χ0n) is 26.0. The van der Waals surface area contributed by atoms with Gasteiger partial charge in [0.05, 0.1) is 28.2 Å². The minimum absolute atomic E-state index is 0.282. The predicted molar refractivity (Wildman–Crippen MR) is 174 cm³/mol. The number of rotatable bonds is 10. The van der Waals surface area contributed by atoms with Gasteiger partial charge in [-0.2, -0.15) is 5.26 Å². The average Bonchev–Trinajstić information content (AvgIpc) is 3.55. The molecule has 0 fully saturated rings. The fraction of sp³-hybridized carbons (Fsp3) is 0.394. The summed E-state index contributed by atoms with van der Waals surface area (Å²) in [6, 6.07) is 14.4. The number of aromatic nitrogens is 3. The average molecular weight is 617 g/mol. The molecule has 0 saturated carbocycles. The highest BCUT2D eigenvalue weighted by Gasteiger charge is 2.40. The first-order chi connectivity index (χ1) is 20.3. The summed E-state index contributed by atoms with van der Waals surface area (Å²) in [4.78, 5) is 4.95. The molecule has 1 aliphatic rings. The summed E-state index contributed by atoms with van der Waals surface area (Å²) in [5.74, 6) is 0.629. The van der Waals surface area contributed by atoms with Gasteiger partial charge in [0.15, 0.2) is 0 Å². The molecule has 1 aliphatic carbocycles. The van der Waals surface area contributed by atoms with Crippen LogP contribution < -0.4 is 0 Å². The predicted octanol–water partition coefficient (Wildman–Crippen LogP) is 7.06. The molecule has 2 aromatic carbocycles. The Hall–Kier alpha value is -3.49. The van der Waals surface area contributed by atoms with Crippen LogP contribution in [-0.2, 0) is 26.2 Å². The Labute approximate surface area is 255 Å². The summed E-state index contributed by atoms with van der Waals surface area (Å²) in [5, 5.41) is 10.3. The normalized spacial score (nSPS) is 18.2. The number of ether oxygens (including phenoxy) is 2. The molecule has 43 heavy (non-hydrogen) atoms. The van der Waals surface area contributed by atoms with Crippen LogP contribution >= 0.6 is 0 Å². The highest BCUT2D eigenvalue weighted by Crippen LogP contribution is 2.38. The smallest absolute Gasteiger partial charge is 0.248 e. The van der Waals surface area contributed by atoms with Gasteiger partial charge in [-0.15, -0.1) is 0 Å². The second-order valence-electron chi connectivity index (χ2n) is 12.8. The maximum atomic E-state index is 14.1. The van der Waals surface area contributed by atoms with Crippen molar-refractivity contribution >= 4 is 40.0 Å². The zero-order valence-corrected chi connectivity index (χ0v) is 27.8. The van der Waals surface area contributed by atoms with Crippen molar-refractivity contribution in [2.75, 3.05) is 13.7 Å². The first-order valence-electron chi connectivity index (χ1n) is 14.5. The summed E-state index contributed by atoms with van der Waals surface area (Å²) in [6.07, 6.45) is 7.15. The topological polar surface area (TPSA) is 99.1 Å². The van der Waals surface area contributed by atoms with Crippen LogP contribution in [0, 0.1) is 18.3 Å². The van der Waals surface area contributed by atoms with E-state index in [0.29, 0.717) is 35.4 Å². The van der Waals surface area contributed by atoms with Crippen molar-refractivity contribution in [2.45, 2.75) is 70.5 Å². The van der Waals surface area contributed by atoms with E-state index in [1.54, 1.807) is 32.4 Å². The molecule has 10 heteroatoms. The number of nitrogens with zero attached hydrogens (tertiary/aromatic N) is 4. The Morgan fingerprint density at radius 2 is 1.93 bits per heavy atom. The van der Waals surface area contributed by atoms with E-state index in [9.17, 15) is 13.7 Å². The van der Waals surface area contributed by atoms with Gasteiger partial charge < -0.3 is 14.0 Å². The van der Waals surface area contributed by atoms with Gasteiger partial charge >= 0.3 is 0 Å². The fourth-order valence-corrected chi connectivity index (χ4v) is 8.33. The second kappa shape index (κ2) is 11.5. The van der Waals surface area contributed by atoms with E-state index in [1.165, 1.54) is 3.97 Å². The lowest BCUT2D eigenvalue weighted by molar-refractivity contribution is 0.0742. The molecule has 0 saturated heterocycles. The van der Waals surface area contributed by atoms with Crippen LogP contribution in [0.5, 0.6) is 0 Å². The molecule has 0 aliphatic heterocycles. The lowest BCUT2D eigenvalue weighted by atomic mass is 9.98. The van der Waals surface area contributed by atoms with Gasteiger partial charge in [0, 0.05) is 33.4 Å². The fourth-order valence-electron chi connectivity index (χ4n) is 5.78. The number of imidazole rings is 1. The third-order valence-electron chi connectivity index (χ3n) is 8.21. The van der Waals surface area contributed by atoms with Crippen molar-refractivity contribution in [1.82, 2.24) is 13.5 Å². The number of aryl methyl sites for hydroxylation is 1. The molecule has 5 rings (SSSR count). The van der Waals surface area contributed by atoms with Gasteiger partial charge in [-0.1, -0.05) is 55.6 Å². The maximum Gasteiger partial charge on any atom is 0.248 e. The number of benzene rings is 2. The van der Waals surface area contributed by atoms with E-state index < -0.39 is 28.9 Å². The molecule has 2 aromatic heterocycles. The van der Waals surface area contributed by atoms with Gasteiger partial charge in [0.25, 0.3) is 0 Å². The summed E-state index contributed by atoms with van der Waals surface area (Å²) < 4.78 is 43.0. The number of nitriles is 1. The standard InChI is InChI=1S/C33H40N4O4SSi/c1-23-9-8-15-33(3,20-23)42(38,39)37-16-14-26-27(12-10-24(2)30(26)37)31(40-4)32-35-28-19-25(21-34)11-13-29(28)36(32)22-41-17-18-43(5,6)7/h8-14,16,19-20,31H,15,17-18,22H2,1-7H3. The molecule has 0 bridgehead atoms. The summed E-state index contributed by atoms with van der Waals surface area (Å²) in [7, 11) is -3.45. The minimum atomic E-state index is -3.80. The first kappa shape index (κ1) is 30.9. The van der Waals surface area contributed by atoms with Crippen LogP contribution in [0.3, 0.4) is 0 Å². The van der Waals surface area contributed by atoms with E-state index in [4.69, 9.17) is 14.5 Å². The third kappa shape index (κ3) is 5.75. The number of fused-ring (bicyclic) bond motifs is 2.